The number of nitrogens with one attached hydrogen (secondary N) is 1. The van der Waals surface area contributed by atoms with E-state index in [-0.39, 0.29) is 85.9 Å². The maximum absolute atomic E-state index is 14.8. The normalized spacial score (nSPS) is 21.9. The number of ether oxygens (including phenoxy) is 4. The number of ketones is 2. The topological polar surface area (TPSA) is 219 Å². The highest BCUT2D eigenvalue weighted by Crippen LogP contribution is 2.32. The summed E-state index contributed by atoms with van der Waals surface area (Å²) in [5.74, 6) is -4.35. The van der Waals surface area contributed by atoms with Gasteiger partial charge in [0.2, 0.25) is 17.7 Å². The largest absolute Gasteiger partial charge is 0.439 e. The van der Waals surface area contributed by atoms with Gasteiger partial charge in [0.1, 0.15) is 12.7 Å². The predicted octanol–water partition coefficient (Wildman–Crippen LogP) is 6.63. The average molecular weight is 1060 g/mol. The minimum absolute atomic E-state index is 0.0494. The van der Waals surface area contributed by atoms with Crippen LogP contribution < -0.4 is 5.32 Å². The van der Waals surface area contributed by atoms with Crippen molar-refractivity contribution in [3.63, 3.8) is 0 Å². The number of allylic oxidation sites excluding steroid dienone is 1. The Hall–Kier alpha value is -5.30. The molecule has 2 aliphatic heterocycles. The predicted molar refractivity (Wildman–Crippen MR) is 287 cm³/mol. The van der Waals surface area contributed by atoms with Crippen molar-refractivity contribution in [3.8, 4) is 0 Å². The first-order chi connectivity index (χ1) is 36.1. The Morgan fingerprint density at radius 1 is 0.842 bits per heavy atom. The number of rotatable bonds is 29. The van der Waals surface area contributed by atoms with E-state index >= 15 is 0 Å². The first-order valence-corrected chi connectivity index (χ1v) is 27.5. The zero-order valence-electron chi connectivity index (χ0n) is 47.3. The van der Waals surface area contributed by atoms with E-state index in [1.54, 1.807) is 48.9 Å². The average Bonchev–Trinajstić information content (AvgIpc) is 4.00. The SMILES string of the molecule is CC[C@H](C)C(C(CC(=O)N1CCCC1C(OC)C(C)C(=O)N[C@H](C)[C@@H](O)c1ccccc1)OC)N(C)C(=O)C(CC(=O)C(C(C)C)N(C)C(=O)OC1/C=C/CCCCC1OCC(=O)CCCN1C(=O)C=CC1=O)C(C)C. The lowest BCUT2D eigenvalue weighted by Gasteiger charge is -2.41. The van der Waals surface area contributed by atoms with Crippen LogP contribution in [-0.2, 0) is 52.5 Å². The molecule has 76 heavy (non-hydrogen) atoms. The molecule has 12 atom stereocenters. The van der Waals surface area contributed by atoms with Gasteiger partial charge >= 0.3 is 6.09 Å². The molecule has 0 saturated carbocycles. The number of hydrogen-bond acceptors (Lipinski definition) is 13. The molecule has 1 aromatic carbocycles. The van der Waals surface area contributed by atoms with Crippen molar-refractivity contribution >= 4 is 47.2 Å². The van der Waals surface area contributed by atoms with Crippen molar-refractivity contribution in [1.29, 1.82) is 0 Å². The highest BCUT2D eigenvalue weighted by molar-refractivity contribution is 6.12. The van der Waals surface area contributed by atoms with Crippen LogP contribution in [0, 0.1) is 29.6 Å². The molecule has 1 saturated heterocycles. The summed E-state index contributed by atoms with van der Waals surface area (Å²) < 4.78 is 24.2. The lowest BCUT2D eigenvalue weighted by molar-refractivity contribution is -0.149. The van der Waals surface area contributed by atoms with Crippen LogP contribution in [0.4, 0.5) is 4.79 Å². The molecule has 6 amide bonds. The van der Waals surface area contributed by atoms with Gasteiger partial charge in [-0.25, -0.2) is 4.79 Å². The summed E-state index contributed by atoms with van der Waals surface area (Å²) in [5, 5.41) is 13.9. The number of nitrogens with zero attached hydrogens (tertiary/aromatic N) is 4. The Balaban J connectivity index is 1.43. The molecule has 4 rings (SSSR count). The zero-order valence-corrected chi connectivity index (χ0v) is 47.3. The van der Waals surface area contributed by atoms with Crippen LogP contribution in [0.25, 0.3) is 0 Å². The van der Waals surface area contributed by atoms with Crippen LogP contribution in [0.1, 0.15) is 138 Å². The number of imide groups is 1. The summed E-state index contributed by atoms with van der Waals surface area (Å²) in [4.78, 5) is 114. The summed E-state index contributed by atoms with van der Waals surface area (Å²) in [6, 6.07) is 6.60. The van der Waals surface area contributed by atoms with E-state index in [0.29, 0.717) is 37.8 Å². The van der Waals surface area contributed by atoms with Gasteiger partial charge in [-0.1, -0.05) is 97.7 Å². The molecule has 2 heterocycles. The smallest absolute Gasteiger partial charge is 0.410 e. The first kappa shape index (κ1) is 63.2. The second-order valence-corrected chi connectivity index (χ2v) is 21.8. The molecule has 9 unspecified atom stereocenters. The number of carbonyl (C=O) groups excluding carboxylic acids is 8. The Morgan fingerprint density at radius 3 is 2.12 bits per heavy atom. The maximum atomic E-state index is 14.8. The lowest BCUT2D eigenvalue weighted by Crippen LogP contribution is -2.55. The van der Waals surface area contributed by atoms with Gasteiger partial charge in [-0.05, 0) is 74.8 Å². The fourth-order valence-electron chi connectivity index (χ4n) is 11.0. The van der Waals surface area contributed by atoms with E-state index < -0.39 is 84.4 Å². The number of amides is 6. The molecule has 1 fully saturated rings. The van der Waals surface area contributed by atoms with Gasteiger partial charge in [-0.3, -0.25) is 38.5 Å². The second-order valence-electron chi connectivity index (χ2n) is 21.8. The Labute approximate surface area is 451 Å². The molecular weight excluding hydrogens is 975 g/mol. The Bertz CT molecular complexity index is 2150. The number of methoxy groups -OCH3 is 2. The van der Waals surface area contributed by atoms with E-state index in [1.165, 1.54) is 38.3 Å². The zero-order chi connectivity index (χ0) is 56.4. The number of likely N-dealkylation sites (tertiary alicyclic amines) is 1. The number of carbonyl (C=O) groups is 8. The van der Waals surface area contributed by atoms with Crippen molar-refractivity contribution in [2.24, 2.45) is 29.6 Å². The van der Waals surface area contributed by atoms with Crippen LogP contribution in [0.5, 0.6) is 0 Å². The molecule has 2 N–H and O–H groups in total. The van der Waals surface area contributed by atoms with E-state index in [1.807, 2.05) is 65.8 Å². The lowest BCUT2D eigenvalue weighted by atomic mass is 9.83. The monoisotopic (exact) mass is 1060 g/mol. The van der Waals surface area contributed by atoms with E-state index in [2.05, 4.69) is 5.32 Å². The maximum Gasteiger partial charge on any atom is 0.410 e. The van der Waals surface area contributed by atoms with Crippen LogP contribution >= 0.6 is 0 Å². The van der Waals surface area contributed by atoms with Crippen LogP contribution in [0.2, 0.25) is 0 Å². The van der Waals surface area contributed by atoms with Crippen molar-refractivity contribution in [2.45, 2.75) is 181 Å². The minimum atomic E-state index is -0.952. The van der Waals surface area contributed by atoms with Gasteiger partial charge in [0, 0.05) is 72.3 Å². The highest BCUT2D eigenvalue weighted by atomic mass is 16.6. The van der Waals surface area contributed by atoms with Gasteiger partial charge in [-0.15, -0.1) is 0 Å². The van der Waals surface area contributed by atoms with Crippen LogP contribution in [0.3, 0.4) is 0 Å². The van der Waals surface area contributed by atoms with Gasteiger partial charge in [0.25, 0.3) is 11.8 Å². The molecule has 0 radical (unpaired) electrons. The third kappa shape index (κ3) is 17.1. The van der Waals surface area contributed by atoms with Crippen LogP contribution in [0.15, 0.2) is 54.6 Å². The molecule has 424 valence electrons. The van der Waals surface area contributed by atoms with Gasteiger partial charge in [0.05, 0.1) is 60.9 Å². The minimum Gasteiger partial charge on any atom is -0.439 e. The number of aliphatic hydroxyl groups is 1. The van der Waals surface area contributed by atoms with Gasteiger partial charge in [-0.2, -0.15) is 0 Å². The number of likely N-dealkylation sites (N-methyl/N-ethyl adjacent to an activating group) is 2. The third-order valence-electron chi connectivity index (χ3n) is 15.7. The quantitative estimate of drug-likeness (QED) is 0.0637. The van der Waals surface area contributed by atoms with E-state index in [0.717, 1.165) is 24.2 Å². The molecule has 1 aliphatic carbocycles. The first-order valence-electron chi connectivity index (χ1n) is 27.5. The van der Waals surface area contributed by atoms with Crippen LogP contribution in [-0.4, -0.2) is 168 Å². The summed E-state index contributed by atoms with van der Waals surface area (Å²) in [6.45, 7) is 15.3. The van der Waals surface area contributed by atoms with Crippen molar-refractivity contribution in [3.05, 3.63) is 60.2 Å². The second kappa shape index (κ2) is 30.6. The standard InChI is InChI=1S/C58H89N5O13/c1-13-38(6)53(48(73-11)34-51(68)62-31-22-26-44(62)55(74-12)39(7)56(70)59-40(8)54(69)41-23-17-16-18-24-41)60(9)57(71)43(36(2)3)33-45(65)52(37(4)5)61(10)58(72)76-47-28-20-15-14-19-27-46(47)75-35-42(64)25-21-32-63-49(66)29-30-50(63)67/h16-18,20,23-24,28-30,36-40,43-44,46-48,52-55,69H,13-15,19,21-22,25-27,31-35H2,1-12H3,(H,59,70)/b28-20+/t38-,39?,40+,43?,44?,46?,47?,48?,52?,53?,54+,55?/m0/s1. The number of Topliss-reactive ketones (excluding diaryl/α,β-unsaturated/α-hetero) is 2. The van der Waals surface area contributed by atoms with Gasteiger partial charge in [0.15, 0.2) is 11.6 Å². The summed E-state index contributed by atoms with van der Waals surface area (Å²) in [5.41, 5.74) is 0.682. The number of hydrogen-bond donors (Lipinski definition) is 2. The summed E-state index contributed by atoms with van der Waals surface area (Å²) in [6.07, 6.45) is 6.63. The Morgan fingerprint density at radius 2 is 1.51 bits per heavy atom. The number of benzene rings is 1. The van der Waals surface area contributed by atoms with Crippen molar-refractivity contribution < 1.29 is 62.4 Å². The molecule has 18 heteroatoms. The van der Waals surface area contributed by atoms with Gasteiger partial charge < -0.3 is 44.1 Å². The molecular formula is C58H89N5O13. The van der Waals surface area contributed by atoms with E-state index in [4.69, 9.17) is 18.9 Å². The van der Waals surface area contributed by atoms with E-state index in [9.17, 15) is 43.5 Å². The van der Waals surface area contributed by atoms with Crippen molar-refractivity contribution in [2.75, 3.05) is 48.0 Å². The number of aliphatic hydroxyl groups excluding tert-OH is 1. The summed E-state index contributed by atoms with van der Waals surface area (Å²) in [7, 11) is 6.26. The molecule has 0 aromatic heterocycles. The highest BCUT2D eigenvalue weighted by Gasteiger charge is 2.44. The molecule has 1 aromatic rings. The van der Waals surface area contributed by atoms with Crippen molar-refractivity contribution in [1.82, 2.24) is 24.9 Å². The Kier molecular flexibility index (Phi) is 25.5. The summed E-state index contributed by atoms with van der Waals surface area (Å²) >= 11 is 0. The molecule has 18 nitrogen and oxygen atoms in total. The fourth-order valence-corrected chi connectivity index (χ4v) is 11.0. The molecule has 0 spiro atoms. The fraction of sp³-hybridized carbons (Fsp3) is 0.690. The third-order valence-corrected chi connectivity index (χ3v) is 15.7. The molecule has 0 bridgehead atoms. The molecule has 3 aliphatic rings.